The van der Waals surface area contributed by atoms with Crippen LogP contribution in [-0.2, 0) is 0 Å². The summed E-state index contributed by atoms with van der Waals surface area (Å²) >= 11 is 0. The lowest BCUT2D eigenvalue weighted by molar-refractivity contribution is 0.373. The third-order valence-corrected chi connectivity index (χ3v) is 4.04. The van der Waals surface area contributed by atoms with Gasteiger partial charge in [-0.1, -0.05) is 12.1 Å². The molecule has 0 aliphatic carbocycles. The Bertz CT molecular complexity index is 473. The smallest absolute Gasteiger partial charge is 0.193 e. The number of piperazine rings is 1. The third kappa shape index (κ3) is 3.06. The lowest BCUT2D eigenvalue weighted by Crippen LogP contribution is -2.52. The van der Waals surface area contributed by atoms with Gasteiger partial charge in [-0.2, -0.15) is 0 Å². The van der Waals surface area contributed by atoms with Gasteiger partial charge in [-0.15, -0.1) is 0 Å². The molecule has 1 aliphatic heterocycles. The first kappa shape index (κ1) is 14.7. The summed E-state index contributed by atoms with van der Waals surface area (Å²) in [5, 5.41) is 3.33. The quantitative estimate of drug-likeness (QED) is 0.661. The second-order valence-electron chi connectivity index (χ2n) is 5.27. The summed E-state index contributed by atoms with van der Waals surface area (Å²) in [6, 6.07) is 6.57. The monoisotopic (exact) mass is 274 g/mol. The highest BCUT2D eigenvalue weighted by Gasteiger charge is 2.20. The molecule has 0 amide bonds. The number of nitrogens with one attached hydrogen (secondary N) is 1. The van der Waals surface area contributed by atoms with Crippen molar-refractivity contribution in [2.45, 2.75) is 20.8 Å². The zero-order valence-corrected chi connectivity index (χ0v) is 13.1. The number of hydrogen-bond donors (Lipinski definition) is 1. The average molecular weight is 274 g/mol. The zero-order valence-electron chi connectivity index (χ0n) is 13.1. The van der Waals surface area contributed by atoms with E-state index >= 15 is 0 Å². The molecule has 110 valence electrons. The van der Waals surface area contributed by atoms with Crippen molar-refractivity contribution in [3.63, 3.8) is 0 Å². The Morgan fingerprint density at radius 2 is 1.90 bits per heavy atom. The SMILES string of the molecule is CCNC(=NC)N1CCN(c2cccc(C)c2C)CC1. The van der Waals surface area contributed by atoms with Crippen LogP contribution in [0.25, 0.3) is 0 Å². The van der Waals surface area contributed by atoms with E-state index in [1.165, 1.54) is 16.8 Å². The Morgan fingerprint density at radius 3 is 2.50 bits per heavy atom. The van der Waals surface area contributed by atoms with E-state index in [4.69, 9.17) is 0 Å². The molecule has 2 rings (SSSR count). The highest BCUT2D eigenvalue weighted by molar-refractivity contribution is 5.80. The minimum absolute atomic E-state index is 0.921. The number of hydrogen-bond acceptors (Lipinski definition) is 2. The summed E-state index contributed by atoms with van der Waals surface area (Å²) in [5.74, 6) is 1.02. The summed E-state index contributed by atoms with van der Waals surface area (Å²) in [6.07, 6.45) is 0. The van der Waals surface area contributed by atoms with Crippen LogP contribution < -0.4 is 10.2 Å². The molecule has 20 heavy (non-hydrogen) atoms. The van der Waals surface area contributed by atoms with E-state index < -0.39 is 0 Å². The topological polar surface area (TPSA) is 30.9 Å². The van der Waals surface area contributed by atoms with Gasteiger partial charge in [0.2, 0.25) is 0 Å². The average Bonchev–Trinajstić information content (AvgIpc) is 2.48. The Hall–Kier alpha value is -1.71. The predicted molar refractivity (Wildman–Crippen MR) is 86.7 cm³/mol. The number of anilines is 1. The van der Waals surface area contributed by atoms with E-state index in [0.717, 1.165) is 38.7 Å². The summed E-state index contributed by atoms with van der Waals surface area (Å²) in [5.41, 5.74) is 4.15. The number of aryl methyl sites for hydroxylation is 1. The van der Waals surface area contributed by atoms with Crippen molar-refractivity contribution in [2.75, 3.05) is 44.7 Å². The zero-order chi connectivity index (χ0) is 14.5. The fourth-order valence-corrected chi connectivity index (χ4v) is 2.73. The molecule has 0 unspecified atom stereocenters. The van der Waals surface area contributed by atoms with E-state index in [9.17, 15) is 0 Å². The molecule has 4 heteroatoms. The van der Waals surface area contributed by atoms with Gasteiger partial charge in [0.25, 0.3) is 0 Å². The van der Waals surface area contributed by atoms with Crippen LogP contribution in [0, 0.1) is 13.8 Å². The molecular weight excluding hydrogens is 248 g/mol. The summed E-state index contributed by atoms with van der Waals surface area (Å²) in [4.78, 5) is 9.17. The van der Waals surface area contributed by atoms with Crippen LogP contribution in [0.5, 0.6) is 0 Å². The van der Waals surface area contributed by atoms with Gasteiger partial charge in [0.05, 0.1) is 0 Å². The van der Waals surface area contributed by atoms with Crippen LogP contribution in [0.3, 0.4) is 0 Å². The molecule has 0 radical (unpaired) electrons. The Morgan fingerprint density at radius 1 is 1.20 bits per heavy atom. The number of rotatable bonds is 2. The Labute approximate surface area is 122 Å². The minimum Gasteiger partial charge on any atom is -0.368 e. The van der Waals surface area contributed by atoms with Crippen LogP contribution in [-0.4, -0.2) is 50.6 Å². The fourth-order valence-electron chi connectivity index (χ4n) is 2.73. The summed E-state index contributed by atoms with van der Waals surface area (Å²) < 4.78 is 0. The first-order valence-electron chi connectivity index (χ1n) is 7.44. The van der Waals surface area contributed by atoms with Crippen molar-refractivity contribution in [3.8, 4) is 0 Å². The van der Waals surface area contributed by atoms with E-state index in [-0.39, 0.29) is 0 Å². The van der Waals surface area contributed by atoms with E-state index in [2.05, 4.69) is 59.1 Å². The van der Waals surface area contributed by atoms with E-state index in [0.29, 0.717) is 0 Å². The van der Waals surface area contributed by atoms with Crippen LogP contribution in [0.2, 0.25) is 0 Å². The van der Waals surface area contributed by atoms with Crippen molar-refractivity contribution in [3.05, 3.63) is 29.3 Å². The molecule has 1 aromatic carbocycles. The molecule has 1 heterocycles. The first-order valence-corrected chi connectivity index (χ1v) is 7.44. The fraction of sp³-hybridized carbons (Fsp3) is 0.562. The maximum absolute atomic E-state index is 4.34. The van der Waals surface area contributed by atoms with Crippen molar-refractivity contribution >= 4 is 11.6 Å². The normalized spacial score (nSPS) is 16.5. The molecule has 4 nitrogen and oxygen atoms in total. The standard InChI is InChI=1S/C16H26N4/c1-5-18-16(17-4)20-11-9-19(10-12-20)15-8-6-7-13(2)14(15)3/h6-8H,5,9-12H2,1-4H3,(H,17,18). The van der Waals surface area contributed by atoms with Crippen molar-refractivity contribution in [2.24, 2.45) is 4.99 Å². The second kappa shape index (κ2) is 6.64. The summed E-state index contributed by atoms with van der Waals surface area (Å²) in [7, 11) is 1.86. The van der Waals surface area contributed by atoms with Crippen molar-refractivity contribution < 1.29 is 0 Å². The first-order chi connectivity index (χ1) is 9.67. The van der Waals surface area contributed by atoms with Crippen molar-refractivity contribution in [1.29, 1.82) is 0 Å². The number of benzene rings is 1. The van der Waals surface area contributed by atoms with Gasteiger partial charge in [0, 0.05) is 45.5 Å². The van der Waals surface area contributed by atoms with Crippen LogP contribution >= 0.6 is 0 Å². The van der Waals surface area contributed by atoms with Crippen LogP contribution in [0.1, 0.15) is 18.1 Å². The third-order valence-electron chi connectivity index (χ3n) is 4.04. The minimum atomic E-state index is 0.921. The van der Waals surface area contributed by atoms with Gasteiger partial charge >= 0.3 is 0 Å². The predicted octanol–water partition coefficient (Wildman–Crippen LogP) is 2.02. The lowest BCUT2D eigenvalue weighted by Gasteiger charge is -2.38. The highest BCUT2D eigenvalue weighted by atomic mass is 15.3. The molecule has 1 aliphatic rings. The summed E-state index contributed by atoms with van der Waals surface area (Å²) in [6.45, 7) is 11.6. The van der Waals surface area contributed by atoms with Gasteiger partial charge in [-0.05, 0) is 38.0 Å². The molecule has 1 saturated heterocycles. The molecule has 1 fully saturated rings. The molecule has 0 saturated carbocycles. The number of aliphatic imine (C=N–C) groups is 1. The molecule has 0 aromatic heterocycles. The molecule has 0 bridgehead atoms. The molecule has 0 atom stereocenters. The van der Waals surface area contributed by atoms with E-state index in [1.807, 2.05) is 7.05 Å². The van der Waals surface area contributed by atoms with Crippen molar-refractivity contribution in [1.82, 2.24) is 10.2 Å². The van der Waals surface area contributed by atoms with Crippen LogP contribution in [0.15, 0.2) is 23.2 Å². The molecule has 0 spiro atoms. The van der Waals surface area contributed by atoms with Gasteiger partial charge in [-0.25, -0.2) is 0 Å². The maximum atomic E-state index is 4.34. The van der Waals surface area contributed by atoms with Gasteiger partial charge in [0.1, 0.15) is 0 Å². The molecule has 1 aromatic rings. The number of nitrogens with zero attached hydrogens (tertiary/aromatic N) is 3. The highest BCUT2D eigenvalue weighted by Crippen LogP contribution is 2.23. The van der Waals surface area contributed by atoms with Gasteiger partial charge in [0.15, 0.2) is 5.96 Å². The maximum Gasteiger partial charge on any atom is 0.193 e. The Kier molecular flexibility index (Phi) is 4.88. The van der Waals surface area contributed by atoms with Gasteiger partial charge < -0.3 is 15.1 Å². The molecular formula is C16H26N4. The number of guanidine groups is 1. The molecule has 1 N–H and O–H groups in total. The lowest BCUT2D eigenvalue weighted by atomic mass is 10.1. The Balaban J connectivity index is 2.02. The van der Waals surface area contributed by atoms with E-state index in [1.54, 1.807) is 0 Å². The van der Waals surface area contributed by atoms with Gasteiger partial charge in [-0.3, -0.25) is 4.99 Å². The van der Waals surface area contributed by atoms with Crippen LogP contribution in [0.4, 0.5) is 5.69 Å². The second-order valence-corrected chi connectivity index (χ2v) is 5.27. The largest absolute Gasteiger partial charge is 0.368 e.